The van der Waals surface area contributed by atoms with Crippen molar-refractivity contribution in [3.05, 3.63) is 123 Å². The van der Waals surface area contributed by atoms with E-state index in [2.05, 4.69) is 43.4 Å². The molecule has 0 fully saturated rings. The molecular weight excluding hydrogens is 640 g/mol. The number of hydrogen-bond acceptors (Lipinski definition) is 7. The van der Waals surface area contributed by atoms with E-state index in [1.807, 2.05) is 84.9 Å². The molecular formula is C31H24Br2N2O5. The average Bonchev–Trinajstić information content (AvgIpc) is 3.72. The van der Waals surface area contributed by atoms with Crippen LogP contribution in [0.1, 0.15) is 22.3 Å². The van der Waals surface area contributed by atoms with E-state index in [-0.39, 0.29) is 12.8 Å². The Kier molecular flexibility index (Phi) is 7.16. The summed E-state index contributed by atoms with van der Waals surface area (Å²) in [5, 5.41) is 0. The van der Waals surface area contributed by atoms with Crippen LogP contribution in [0.3, 0.4) is 0 Å². The van der Waals surface area contributed by atoms with Gasteiger partial charge in [0.2, 0.25) is 13.6 Å². The van der Waals surface area contributed by atoms with Gasteiger partial charge in [0.15, 0.2) is 28.5 Å². The number of fused-ring (bicyclic) bond motifs is 2. The number of benzene rings is 4. The molecule has 4 aromatic carbocycles. The molecule has 0 spiro atoms. The Balaban J connectivity index is 0.000000148. The van der Waals surface area contributed by atoms with Crippen molar-refractivity contribution in [1.29, 1.82) is 0 Å². The predicted molar refractivity (Wildman–Crippen MR) is 160 cm³/mol. The molecule has 1 atom stereocenters. The van der Waals surface area contributed by atoms with Crippen molar-refractivity contribution in [2.75, 3.05) is 20.2 Å². The van der Waals surface area contributed by atoms with Gasteiger partial charge in [0.05, 0.1) is 0 Å². The molecule has 0 aliphatic carbocycles. The number of halogens is 2. The Morgan fingerprint density at radius 3 is 1.95 bits per heavy atom. The lowest BCUT2D eigenvalue weighted by Crippen LogP contribution is -2.27. The van der Waals surface area contributed by atoms with E-state index in [1.165, 1.54) is 0 Å². The minimum atomic E-state index is -0.672. The lowest BCUT2D eigenvalue weighted by atomic mass is 9.84. The first-order valence-corrected chi connectivity index (χ1v) is 14.0. The summed E-state index contributed by atoms with van der Waals surface area (Å²) < 4.78 is 29.0. The van der Waals surface area contributed by atoms with Gasteiger partial charge in [-0.3, -0.25) is 0 Å². The number of ether oxygens (including phenoxy) is 5. The van der Waals surface area contributed by atoms with Gasteiger partial charge in [0.1, 0.15) is 6.61 Å². The quantitative estimate of drug-likeness (QED) is 0.253. The summed E-state index contributed by atoms with van der Waals surface area (Å²) in [5.41, 5.74) is 10.2. The monoisotopic (exact) mass is 662 g/mol. The fraction of sp³-hybridized carbons (Fsp3) is 0.129. The average molecular weight is 664 g/mol. The molecule has 1 unspecified atom stereocenters. The van der Waals surface area contributed by atoms with Crippen molar-refractivity contribution >= 4 is 43.5 Å². The summed E-state index contributed by atoms with van der Waals surface area (Å²) in [7, 11) is 0. The fourth-order valence-electron chi connectivity index (χ4n) is 4.72. The van der Waals surface area contributed by atoms with Crippen LogP contribution in [0, 0.1) is 0 Å². The van der Waals surface area contributed by atoms with E-state index in [1.54, 1.807) is 0 Å². The minimum absolute atomic E-state index is 0.192. The molecule has 0 saturated carbocycles. The van der Waals surface area contributed by atoms with Crippen LogP contribution in [0.5, 0.6) is 23.0 Å². The molecule has 3 aliphatic heterocycles. The third kappa shape index (κ3) is 5.14. The van der Waals surface area contributed by atoms with E-state index in [9.17, 15) is 0 Å². The smallest absolute Gasteiger partial charge is 0.283 e. The van der Waals surface area contributed by atoms with E-state index >= 15 is 0 Å². The standard InChI is InChI=1S/C16H13BrN2O3.C15H11BrO2/c17-12-3-1-2-10(6-12)16(8-20-15(18)19-16)11-4-5-13-14(7-11)22-9-21-13;1-10(11-3-2-4-13(16)7-11)12-5-6-14-15(8-12)18-9-17-14/h1-7H,8-9H2,(H2,18,19);2-8H,1,9H2. The van der Waals surface area contributed by atoms with Crippen molar-refractivity contribution in [2.24, 2.45) is 10.7 Å². The molecule has 7 rings (SSSR count). The Hall–Kier alpha value is -3.95. The molecule has 9 heteroatoms. The normalized spacial score (nSPS) is 17.9. The number of rotatable bonds is 4. The molecule has 202 valence electrons. The van der Waals surface area contributed by atoms with Gasteiger partial charge in [-0.15, -0.1) is 0 Å². The van der Waals surface area contributed by atoms with Crippen LogP contribution in [0.4, 0.5) is 0 Å². The highest BCUT2D eigenvalue weighted by atomic mass is 79.9. The second-order valence-corrected chi connectivity index (χ2v) is 11.1. The Labute approximate surface area is 248 Å². The molecule has 3 aliphatic rings. The van der Waals surface area contributed by atoms with Crippen LogP contribution in [-0.2, 0) is 10.3 Å². The second kappa shape index (κ2) is 10.9. The largest absolute Gasteiger partial charge is 0.462 e. The zero-order chi connectivity index (χ0) is 27.7. The van der Waals surface area contributed by atoms with Crippen LogP contribution >= 0.6 is 31.9 Å². The van der Waals surface area contributed by atoms with Crippen LogP contribution in [0.2, 0.25) is 0 Å². The summed E-state index contributed by atoms with van der Waals surface area (Å²) in [6, 6.07) is 27.9. The van der Waals surface area contributed by atoms with Gasteiger partial charge >= 0.3 is 0 Å². The number of amidine groups is 1. The number of hydrogen-bond donors (Lipinski definition) is 1. The van der Waals surface area contributed by atoms with Gasteiger partial charge < -0.3 is 29.4 Å². The van der Waals surface area contributed by atoms with Gasteiger partial charge in [0.25, 0.3) is 6.02 Å². The van der Waals surface area contributed by atoms with Gasteiger partial charge in [0, 0.05) is 8.95 Å². The van der Waals surface area contributed by atoms with Crippen LogP contribution < -0.4 is 24.7 Å². The second-order valence-electron chi connectivity index (χ2n) is 9.23. The van der Waals surface area contributed by atoms with Crippen LogP contribution in [-0.4, -0.2) is 26.2 Å². The maximum atomic E-state index is 5.80. The van der Waals surface area contributed by atoms with Crippen molar-refractivity contribution in [3.8, 4) is 23.0 Å². The lowest BCUT2D eigenvalue weighted by molar-refractivity contribution is 0.173. The van der Waals surface area contributed by atoms with Crippen molar-refractivity contribution in [2.45, 2.75) is 5.54 Å². The first-order chi connectivity index (χ1) is 19.4. The maximum absolute atomic E-state index is 5.80. The molecule has 0 bridgehead atoms. The highest BCUT2D eigenvalue weighted by Gasteiger charge is 2.41. The summed E-state index contributed by atoms with van der Waals surface area (Å²) in [5.74, 6) is 3.03. The molecule has 2 N–H and O–H groups in total. The van der Waals surface area contributed by atoms with Gasteiger partial charge in [-0.05, 0) is 76.4 Å². The molecule has 3 heterocycles. The van der Waals surface area contributed by atoms with E-state index < -0.39 is 5.54 Å². The van der Waals surface area contributed by atoms with Gasteiger partial charge in [-0.2, -0.15) is 0 Å². The van der Waals surface area contributed by atoms with E-state index in [4.69, 9.17) is 29.4 Å². The molecule has 4 aromatic rings. The lowest BCUT2D eigenvalue weighted by Gasteiger charge is -2.25. The Morgan fingerprint density at radius 1 is 0.675 bits per heavy atom. The van der Waals surface area contributed by atoms with Crippen LogP contribution in [0.25, 0.3) is 5.57 Å². The van der Waals surface area contributed by atoms with E-state index in [0.29, 0.717) is 19.1 Å². The number of nitrogens with two attached hydrogens (primary N) is 1. The van der Waals surface area contributed by atoms with Gasteiger partial charge in [-0.1, -0.05) is 74.8 Å². The summed E-state index contributed by atoms with van der Waals surface area (Å²) in [6.45, 7) is 5.04. The molecule has 40 heavy (non-hydrogen) atoms. The molecule has 0 amide bonds. The third-order valence-corrected chi connectivity index (χ3v) is 7.76. The van der Waals surface area contributed by atoms with E-state index in [0.717, 1.165) is 54.0 Å². The highest BCUT2D eigenvalue weighted by molar-refractivity contribution is 9.10. The topological polar surface area (TPSA) is 84.5 Å². The zero-order valence-electron chi connectivity index (χ0n) is 21.2. The third-order valence-electron chi connectivity index (χ3n) is 6.78. The Morgan fingerprint density at radius 2 is 1.27 bits per heavy atom. The van der Waals surface area contributed by atoms with Crippen molar-refractivity contribution in [1.82, 2.24) is 0 Å². The summed E-state index contributed by atoms with van der Waals surface area (Å²) >= 11 is 6.97. The first-order valence-electron chi connectivity index (χ1n) is 12.4. The van der Waals surface area contributed by atoms with Crippen LogP contribution in [0.15, 0.2) is 105 Å². The summed E-state index contributed by atoms with van der Waals surface area (Å²) in [4.78, 5) is 4.58. The Bertz CT molecular complexity index is 1640. The fourth-order valence-corrected chi connectivity index (χ4v) is 5.52. The maximum Gasteiger partial charge on any atom is 0.283 e. The summed E-state index contributed by atoms with van der Waals surface area (Å²) in [6.07, 6.45) is 0. The predicted octanol–water partition coefficient (Wildman–Crippen LogP) is 7.01. The molecule has 0 saturated heterocycles. The first kappa shape index (κ1) is 26.3. The highest BCUT2D eigenvalue weighted by Crippen LogP contribution is 2.43. The molecule has 0 radical (unpaired) electrons. The minimum Gasteiger partial charge on any atom is -0.462 e. The zero-order valence-corrected chi connectivity index (χ0v) is 24.4. The van der Waals surface area contributed by atoms with Crippen molar-refractivity contribution in [3.63, 3.8) is 0 Å². The van der Waals surface area contributed by atoms with Crippen molar-refractivity contribution < 1.29 is 23.7 Å². The number of nitrogens with zero attached hydrogens (tertiary/aromatic N) is 1. The molecule has 7 nitrogen and oxygen atoms in total. The molecule has 0 aromatic heterocycles. The van der Waals surface area contributed by atoms with Gasteiger partial charge in [-0.25, -0.2) is 4.99 Å². The SMILES string of the molecule is C=C(c1cccc(Br)c1)c1ccc2c(c1)OCO2.NC1=NC(c2cccc(Br)c2)(c2ccc3c(c2)OCO3)CO1. The number of aliphatic imine (C=N–C) groups is 1.